The van der Waals surface area contributed by atoms with Crippen LogP contribution in [0.1, 0.15) is 10.4 Å². The summed E-state index contributed by atoms with van der Waals surface area (Å²) in [6, 6.07) is 11.0. The van der Waals surface area contributed by atoms with E-state index in [1.165, 1.54) is 11.3 Å². The molecule has 0 atom stereocenters. The quantitative estimate of drug-likeness (QED) is 0.886. The van der Waals surface area contributed by atoms with Crippen molar-refractivity contribution in [3.8, 4) is 0 Å². The second kappa shape index (κ2) is 6.97. The molecule has 0 radical (unpaired) electrons. The number of nitrogens with one attached hydrogen (secondary N) is 1. The van der Waals surface area contributed by atoms with E-state index in [0.29, 0.717) is 18.1 Å². The Morgan fingerprint density at radius 3 is 2.50 bits per heavy atom. The molecular weight excluding hydrogens is 315 g/mol. The fraction of sp³-hybridized carbons (Fsp3) is 0.214. The van der Waals surface area contributed by atoms with Crippen molar-refractivity contribution in [2.45, 2.75) is 13.1 Å². The lowest BCUT2D eigenvalue weighted by atomic mass is 10.2. The fourth-order valence-electron chi connectivity index (χ4n) is 1.66. The number of halogens is 2. The van der Waals surface area contributed by atoms with Gasteiger partial charge in [0.15, 0.2) is 0 Å². The van der Waals surface area contributed by atoms with Crippen molar-refractivity contribution in [3.05, 3.63) is 56.2 Å². The van der Waals surface area contributed by atoms with Gasteiger partial charge in [-0.2, -0.15) is 0 Å². The van der Waals surface area contributed by atoms with E-state index in [-0.39, 0.29) is 6.03 Å². The zero-order valence-electron chi connectivity index (χ0n) is 10.9. The first kappa shape index (κ1) is 15.2. The van der Waals surface area contributed by atoms with Crippen molar-refractivity contribution in [1.82, 2.24) is 10.2 Å². The summed E-state index contributed by atoms with van der Waals surface area (Å²) in [5, 5.41) is 3.55. The number of urea groups is 1. The third-order valence-corrected chi connectivity index (χ3v) is 4.19. The lowest BCUT2D eigenvalue weighted by molar-refractivity contribution is 0.207. The third kappa shape index (κ3) is 4.40. The molecule has 0 aliphatic rings. The average Bonchev–Trinajstić information content (AvgIpc) is 2.83. The molecule has 0 spiro atoms. The third-order valence-electron chi connectivity index (χ3n) is 2.73. The van der Waals surface area contributed by atoms with Gasteiger partial charge in [0, 0.05) is 23.5 Å². The van der Waals surface area contributed by atoms with Crippen LogP contribution >= 0.6 is 34.5 Å². The zero-order valence-corrected chi connectivity index (χ0v) is 13.2. The second-order valence-corrected chi connectivity index (χ2v) is 6.58. The van der Waals surface area contributed by atoms with E-state index in [0.717, 1.165) is 14.8 Å². The number of benzene rings is 1. The van der Waals surface area contributed by atoms with Gasteiger partial charge in [-0.3, -0.25) is 0 Å². The Bertz CT molecular complexity index is 583. The van der Waals surface area contributed by atoms with Crippen LogP contribution in [-0.2, 0) is 13.1 Å². The number of amides is 2. The van der Waals surface area contributed by atoms with E-state index in [9.17, 15) is 4.79 Å². The zero-order chi connectivity index (χ0) is 14.5. The molecule has 0 aliphatic carbocycles. The molecule has 3 nitrogen and oxygen atoms in total. The summed E-state index contributed by atoms with van der Waals surface area (Å²) in [4.78, 5) is 14.6. The largest absolute Gasteiger partial charge is 0.334 e. The van der Waals surface area contributed by atoms with Crippen LogP contribution < -0.4 is 5.32 Å². The predicted octanol–water partition coefficient (Wildman–Crippen LogP) is 4.40. The maximum Gasteiger partial charge on any atom is 0.317 e. The van der Waals surface area contributed by atoms with Crippen LogP contribution in [0.4, 0.5) is 4.79 Å². The Labute approximate surface area is 132 Å². The van der Waals surface area contributed by atoms with Crippen LogP contribution in [0.15, 0.2) is 36.4 Å². The van der Waals surface area contributed by atoms with Crippen molar-refractivity contribution in [2.24, 2.45) is 0 Å². The number of hydrogen-bond acceptors (Lipinski definition) is 2. The van der Waals surface area contributed by atoms with E-state index in [1.54, 1.807) is 24.1 Å². The monoisotopic (exact) mass is 328 g/mol. The van der Waals surface area contributed by atoms with Crippen molar-refractivity contribution in [1.29, 1.82) is 0 Å². The van der Waals surface area contributed by atoms with Crippen LogP contribution in [-0.4, -0.2) is 18.0 Å². The highest BCUT2D eigenvalue weighted by Crippen LogP contribution is 2.22. The Balaban J connectivity index is 1.83. The van der Waals surface area contributed by atoms with Gasteiger partial charge in [0.25, 0.3) is 0 Å². The highest BCUT2D eigenvalue weighted by atomic mass is 35.5. The number of carbonyl (C=O) groups excluding carboxylic acids is 1. The van der Waals surface area contributed by atoms with Gasteiger partial charge in [-0.1, -0.05) is 35.3 Å². The molecule has 2 rings (SSSR count). The van der Waals surface area contributed by atoms with E-state index in [4.69, 9.17) is 23.2 Å². The molecule has 0 saturated carbocycles. The maximum atomic E-state index is 12.0. The highest BCUT2D eigenvalue weighted by Gasteiger charge is 2.09. The molecule has 1 aromatic heterocycles. The minimum absolute atomic E-state index is 0.121. The molecule has 0 fully saturated rings. The molecule has 1 heterocycles. The minimum atomic E-state index is -0.121. The predicted molar refractivity (Wildman–Crippen MR) is 84.5 cm³/mol. The number of carbonyl (C=O) groups is 1. The van der Waals surface area contributed by atoms with Gasteiger partial charge in [0.2, 0.25) is 0 Å². The molecule has 1 N–H and O–H groups in total. The highest BCUT2D eigenvalue weighted by molar-refractivity contribution is 7.16. The van der Waals surface area contributed by atoms with Crippen molar-refractivity contribution < 1.29 is 4.79 Å². The lowest BCUT2D eigenvalue weighted by Crippen LogP contribution is -2.36. The van der Waals surface area contributed by atoms with Gasteiger partial charge in [-0.15, -0.1) is 11.3 Å². The van der Waals surface area contributed by atoms with Crippen LogP contribution in [0.5, 0.6) is 0 Å². The Hall–Kier alpha value is -1.23. The van der Waals surface area contributed by atoms with Crippen molar-refractivity contribution >= 4 is 40.6 Å². The summed E-state index contributed by atoms with van der Waals surface area (Å²) in [5.41, 5.74) is 1.01. The lowest BCUT2D eigenvalue weighted by Gasteiger charge is -2.17. The van der Waals surface area contributed by atoms with E-state index < -0.39 is 0 Å². The molecule has 0 aliphatic heterocycles. The second-order valence-electron chi connectivity index (χ2n) is 4.35. The summed E-state index contributed by atoms with van der Waals surface area (Å²) in [5.74, 6) is 0. The summed E-state index contributed by atoms with van der Waals surface area (Å²) in [7, 11) is 1.75. The number of rotatable bonds is 4. The number of nitrogens with zero attached hydrogens (tertiary/aromatic N) is 1. The summed E-state index contributed by atoms with van der Waals surface area (Å²) < 4.78 is 0.731. The van der Waals surface area contributed by atoms with Crippen LogP contribution in [0, 0.1) is 0 Å². The summed E-state index contributed by atoms with van der Waals surface area (Å²) >= 11 is 13.2. The smallest absolute Gasteiger partial charge is 0.317 e. The van der Waals surface area contributed by atoms with Crippen LogP contribution in [0.25, 0.3) is 0 Å². The van der Waals surface area contributed by atoms with E-state index >= 15 is 0 Å². The molecule has 6 heteroatoms. The van der Waals surface area contributed by atoms with Crippen molar-refractivity contribution in [3.63, 3.8) is 0 Å². The first-order valence-corrected chi connectivity index (χ1v) is 7.59. The number of hydrogen-bond donors (Lipinski definition) is 1. The Morgan fingerprint density at radius 2 is 1.90 bits per heavy atom. The van der Waals surface area contributed by atoms with Crippen LogP contribution in [0.3, 0.4) is 0 Å². The molecule has 1 aromatic carbocycles. The van der Waals surface area contributed by atoms with Gasteiger partial charge >= 0.3 is 6.03 Å². The van der Waals surface area contributed by atoms with Gasteiger partial charge in [-0.25, -0.2) is 4.79 Å². The molecule has 0 bridgehead atoms. The minimum Gasteiger partial charge on any atom is -0.334 e. The Morgan fingerprint density at radius 1 is 1.20 bits per heavy atom. The van der Waals surface area contributed by atoms with E-state index in [2.05, 4.69) is 5.32 Å². The Kier molecular flexibility index (Phi) is 5.29. The van der Waals surface area contributed by atoms with Gasteiger partial charge < -0.3 is 10.2 Å². The van der Waals surface area contributed by atoms with Crippen LogP contribution in [0.2, 0.25) is 9.36 Å². The van der Waals surface area contributed by atoms with E-state index in [1.807, 2.05) is 24.3 Å². The fourth-order valence-corrected chi connectivity index (χ4v) is 2.92. The number of thiophene rings is 1. The SMILES string of the molecule is CN(Cc1ccc(Cl)s1)C(=O)NCc1ccc(Cl)cc1. The van der Waals surface area contributed by atoms with Gasteiger partial charge in [-0.05, 0) is 29.8 Å². The maximum absolute atomic E-state index is 12.0. The summed E-state index contributed by atoms with van der Waals surface area (Å²) in [6.45, 7) is 1.02. The first-order valence-electron chi connectivity index (χ1n) is 6.02. The molecule has 0 unspecified atom stereocenters. The van der Waals surface area contributed by atoms with Gasteiger partial charge in [0.05, 0.1) is 10.9 Å². The average molecular weight is 329 g/mol. The molecule has 2 amide bonds. The summed E-state index contributed by atoms with van der Waals surface area (Å²) in [6.07, 6.45) is 0. The topological polar surface area (TPSA) is 32.3 Å². The standard InChI is InChI=1S/C14H14Cl2N2OS/c1-18(9-12-6-7-13(16)20-12)14(19)17-8-10-2-4-11(15)5-3-10/h2-7H,8-9H2,1H3,(H,17,19). The van der Waals surface area contributed by atoms with Gasteiger partial charge in [0.1, 0.15) is 0 Å². The molecular formula is C14H14Cl2N2OS. The molecule has 106 valence electrons. The molecule has 0 saturated heterocycles. The molecule has 2 aromatic rings. The van der Waals surface area contributed by atoms with Crippen molar-refractivity contribution in [2.75, 3.05) is 7.05 Å². The normalized spacial score (nSPS) is 10.3. The molecule has 20 heavy (non-hydrogen) atoms. The first-order chi connectivity index (χ1) is 9.54.